The molecule has 0 saturated carbocycles. The first kappa shape index (κ1) is 25.5. The number of carbonyl (C=O) groups is 4. The first-order valence-corrected chi connectivity index (χ1v) is 10.4. The number of benzene rings is 2. The van der Waals surface area contributed by atoms with Crippen LogP contribution in [0.4, 0.5) is 5.69 Å². The zero-order valence-corrected chi connectivity index (χ0v) is 18.4. The van der Waals surface area contributed by atoms with Crippen LogP contribution in [-0.4, -0.2) is 61.5 Å². The summed E-state index contributed by atoms with van der Waals surface area (Å²) in [4.78, 5) is 48.7. The number of aliphatic hydroxyl groups is 1. The molecule has 176 valence electrons. The van der Waals surface area contributed by atoms with Crippen molar-refractivity contribution in [2.45, 2.75) is 19.1 Å². The van der Waals surface area contributed by atoms with E-state index < -0.39 is 23.8 Å². The van der Waals surface area contributed by atoms with Crippen molar-refractivity contribution in [1.82, 2.24) is 21.3 Å². The summed E-state index contributed by atoms with van der Waals surface area (Å²) in [6.45, 7) is -0.596. The molecule has 0 aliphatic carbocycles. The average Bonchev–Trinajstić information content (AvgIpc) is 2.82. The Bertz CT molecular complexity index is 934. The lowest BCUT2D eigenvalue weighted by atomic mass is 10.1. The second kappa shape index (κ2) is 13.6. The van der Waals surface area contributed by atoms with Crippen LogP contribution in [-0.2, 0) is 32.2 Å². The normalized spacial score (nSPS) is 11.2. The number of nitrogens with one attached hydrogen (secondary N) is 5. The molecule has 4 amide bonds. The Morgan fingerprint density at radius 2 is 1.45 bits per heavy atom. The van der Waals surface area contributed by atoms with Gasteiger partial charge in [-0.25, -0.2) is 0 Å². The number of hydrogen-bond acceptors (Lipinski definition) is 6. The first-order valence-electron chi connectivity index (χ1n) is 10.4. The SMILES string of the molecule is CNCC(=O)NCC(=O)NC(Cc1ccccc1)C(=O)NCC(=O)Nc1ccc(CO)cc1. The molecule has 10 nitrogen and oxygen atoms in total. The average molecular weight is 456 g/mol. The van der Waals surface area contributed by atoms with Crippen LogP contribution in [0.3, 0.4) is 0 Å². The van der Waals surface area contributed by atoms with Crippen LogP contribution >= 0.6 is 0 Å². The molecule has 1 atom stereocenters. The van der Waals surface area contributed by atoms with E-state index in [2.05, 4.69) is 26.6 Å². The summed E-state index contributed by atoms with van der Waals surface area (Å²) in [5, 5.41) is 22.0. The smallest absolute Gasteiger partial charge is 0.243 e. The van der Waals surface area contributed by atoms with Crippen molar-refractivity contribution >= 4 is 29.3 Å². The van der Waals surface area contributed by atoms with Crippen LogP contribution in [0, 0.1) is 0 Å². The van der Waals surface area contributed by atoms with Crippen LogP contribution in [0.25, 0.3) is 0 Å². The van der Waals surface area contributed by atoms with Gasteiger partial charge < -0.3 is 31.7 Å². The minimum absolute atomic E-state index is 0.0685. The van der Waals surface area contributed by atoms with E-state index in [4.69, 9.17) is 5.11 Å². The van der Waals surface area contributed by atoms with Crippen molar-refractivity contribution in [2.75, 3.05) is 32.0 Å². The number of carbonyl (C=O) groups excluding carboxylic acids is 4. The fourth-order valence-corrected chi connectivity index (χ4v) is 2.90. The van der Waals surface area contributed by atoms with Crippen molar-refractivity contribution in [2.24, 2.45) is 0 Å². The molecule has 1 unspecified atom stereocenters. The highest BCUT2D eigenvalue weighted by Gasteiger charge is 2.22. The number of likely N-dealkylation sites (N-methyl/N-ethyl adjacent to an activating group) is 1. The number of anilines is 1. The van der Waals surface area contributed by atoms with Crippen LogP contribution in [0.1, 0.15) is 11.1 Å². The van der Waals surface area contributed by atoms with Gasteiger partial charge in [-0.3, -0.25) is 19.2 Å². The van der Waals surface area contributed by atoms with E-state index in [0.29, 0.717) is 11.3 Å². The maximum atomic E-state index is 12.7. The second-order valence-corrected chi connectivity index (χ2v) is 7.24. The van der Waals surface area contributed by atoms with Crippen LogP contribution in [0.15, 0.2) is 54.6 Å². The van der Waals surface area contributed by atoms with E-state index in [-0.39, 0.29) is 38.6 Å². The number of hydrogen-bond donors (Lipinski definition) is 6. The molecule has 2 rings (SSSR count). The predicted molar refractivity (Wildman–Crippen MR) is 123 cm³/mol. The summed E-state index contributed by atoms with van der Waals surface area (Å²) in [6.07, 6.45) is 0.215. The molecule has 6 N–H and O–H groups in total. The van der Waals surface area contributed by atoms with Crippen molar-refractivity contribution in [3.8, 4) is 0 Å². The minimum atomic E-state index is -0.933. The number of rotatable bonds is 12. The molecule has 33 heavy (non-hydrogen) atoms. The van der Waals surface area contributed by atoms with Gasteiger partial charge in [-0.2, -0.15) is 0 Å². The lowest BCUT2D eigenvalue weighted by Crippen LogP contribution is -2.51. The van der Waals surface area contributed by atoms with Crippen molar-refractivity contribution in [1.29, 1.82) is 0 Å². The summed E-state index contributed by atoms with van der Waals surface area (Å²) >= 11 is 0. The van der Waals surface area contributed by atoms with E-state index >= 15 is 0 Å². The number of aliphatic hydroxyl groups excluding tert-OH is 1. The molecular formula is C23H29N5O5. The Balaban J connectivity index is 1.93. The molecule has 0 saturated heterocycles. The third-order valence-corrected chi connectivity index (χ3v) is 4.56. The third-order valence-electron chi connectivity index (χ3n) is 4.56. The maximum Gasteiger partial charge on any atom is 0.243 e. The van der Waals surface area contributed by atoms with E-state index in [1.165, 1.54) is 0 Å². The molecular weight excluding hydrogens is 426 g/mol. The van der Waals surface area contributed by atoms with Crippen LogP contribution in [0.5, 0.6) is 0 Å². The van der Waals surface area contributed by atoms with Gasteiger partial charge in [0, 0.05) is 12.1 Å². The number of amides is 4. The monoisotopic (exact) mass is 455 g/mol. The fraction of sp³-hybridized carbons (Fsp3) is 0.304. The first-order chi connectivity index (χ1) is 15.9. The summed E-state index contributed by atoms with van der Waals surface area (Å²) < 4.78 is 0. The lowest BCUT2D eigenvalue weighted by Gasteiger charge is -2.19. The molecule has 0 fully saturated rings. The minimum Gasteiger partial charge on any atom is -0.392 e. The Morgan fingerprint density at radius 3 is 2.09 bits per heavy atom. The van der Waals surface area contributed by atoms with Crippen molar-refractivity contribution in [3.63, 3.8) is 0 Å². The van der Waals surface area contributed by atoms with Gasteiger partial charge in [-0.15, -0.1) is 0 Å². The molecule has 2 aromatic rings. The Hall–Kier alpha value is -3.76. The fourth-order valence-electron chi connectivity index (χ4n) is 2.90. The van der Waals surface area contributed by atoms with Gasteiger partial charge in [0.15, 0.2) is 0 Å². The predicted octanol–water partition coefficient (Wildman–Crippen LogP) is -0.703. The molecule has 0 aliphatic rings. The molecule has 10 heteroatoms. The van der Waals surface area contributed by atoms with Gasteiger partial charge in [0.1, 0.15) is 6.04 Å². The summed E-state index contributed by atoms with van der Waals surface area (Å²) in [5.74, 6) is -1.84. The largest absolute Gasteiger partial charge is 0.392 e. The highest BCUT2D eigenvalue weighted by Crippen LogP contribution is 2.09. The third kappa shape index (κ3) is 9.50. The Morgan fingerprint density at radius 1 is 0.788 bits per heavy atom. The highest BCUT2D eigenvalue weighted by molar-refractivity contribution is 5.96. The van der Waals surface area contributed by atoms with Gasteiger partial charge >= 0.3 is 0 Å². The van der Waals surface area contributed by atoms with E-state index in [1.807, 2.05) is 30.3 Å². The maximum absolute atomic E-state index is 12.7. The molecule has 0 spiro atoms. The summed E-state index contributed by atoms with van der Waals surface area (Å²) in [6, 6.07) is 14.8. The van der Waals surface area contributed by atoms with Crippen molar-refractivity contribution in [3.05, 3.63) is 65.7 Å². The molecule has 0 radical (unpaired) electrons. The Kier molecular flexibility index (Phi) is 10.5. The molecule has 2 aromatic carbocycles. The quantitative estimate of drug-likeness (QED) is 0.249. The zero-order valence-electron chi connectivity index (χ0n) is 18.4. The Labute approximate surface area is 192 Å². The zero-order chi connectivity index (χ0) is 24.1. The lowest BCUT2D eigenvalue weighted by molar-refractivity contribution is -0.130. The molecule has 0 bridgehead atoms. The molecule has 0 aromatic heterocycles. The standard InChI is InChI=1S/C23H29N5O5/c1-24-12-20(30)25-13-22(32)28-19(11-16-5-3-2-4-6-16)23(33)26-14-21(31)27-18-9-7-17(15-29)8-10-18/h2-10,19,24,29H,11-15H2,1H3,(H,25,30)(H,26,33)(H,27,31)(H,28,32). The topological polar surface area (TPSA) is 149 Å². The van der Waals surface area contributed by atoms with Crippen molar-refractivity contribution < 1.29 is 24.3 Å². The highest BCUT2D eigenvalue weighted by atomic mass is 16.3. The van der Waals surface area contributed by atoms with E-state index in [9.17, 15) is 19.2 Å². The van der Waals surface area contributed by atoms with Gasteiger partial charge in [0.05, 0.1) is 26.2 Å². The second-order valence-electron chi connectivity index (χ2n) is 7.24. The van der Waals surface area contributed by atoms with Gasteiger partial charge in [-0.05, 0) is 30.3 Å². The molecule has 0 aliphatic heterocycles. The van der Waals surface area contributed by atoms with Crippen LogP contribution < -0.4 is 26.6 Å². The van der Waals surface area contributed by atoms with Gasteiger partial charge in [0.25, 0.3) is 0 Å². The van der Waals surface area contributed by atoms with E-state index in [1.54, 1.807) is 31.3 Å². The summed E-state index contributed by atoms with van der Waals surface area (Å²) in [5.41, 5.74) is 2.06. The van der Waals surface area contributed by atoms with E-state index in [0.717, 1.165) is 5.56 Å². The summed E-state index contributed by atoms with van der Waals surface area (Å²) in [7, 11) is 1.61. The molecule has 0 heterocycles. The van der Waals surface area contributed by atoms with Gasteiger partial charge in [0.2, 0.25) is 23.6 Å². The van der Waals surface area contributed by atoms with Crippen LogP contribution in [0.2, 0.25) is 0 Å². The van der Waals surface area contributed by atoms with Gasteiger partial charge in [-0.1, -0.05) is 42.5 Å².